The third kappa shape index (κ3) is 6.28. The number of piperazine rings is 2. The van der Waals surface area contributed by atoms with Crippen molar-refractivity contribution in [3.63, 3.8) is 0 Å². The third-order valence-electron chi connectivity index (χ3n) is 8.90. The van der Waals surface area contributed by atoms with Gasteiger partial charge in [0.25, 0.3) is 0 Å². The summed E-state index contributed by atoms with van der Waals surface area (Å²) in [6, 6.07) is 1.76. The number of aryl methyl sites for hydroxylation is 2. The number of halogens is 4. The van der Waals surface area contributed by atoms with E-state index in [2.05, 4.69) is 10.6 Å². The number of nitrogens with one attached hydrogen (secondary N) is 2. The quantitative estimate of drug-likeness (QED) is 0.199. The summed E-state index contributed by atoms with van der Waals surface area (Å²) < 4.78 is 76.6. The van der Waals surface area contributed by atoms with Crippen LogP contribution in [0.25, 0.3) is 21.8 Å². The molecule has 0 bridgehead atoms. The van der Waals surface area contributed by atoms with Gasteiger partial charge in [0.2, 0.25) is 10.9 Å². The molecule has 4 heterocycles. The Morgan fingerprint density at radius 3 is 1.36 bits per heavy atom. The molecule has 2 aliphatic rings. The topological polar surface area (TPSA) is 127 Å². The van der Waals surface area contributed by atoms with Crippen LogP contribution in [0.2, 0.25) is 0 Å². The van der Waals surface area contributed by atoms with Crippen molar-refractivity contribution in [3.05, 3.63) is 79.4 Å². The highest BCUT2D eigenvalue weighted by atomic mass is 19.1. The van der Waals surface area contributed by atoms with Gasteiger partial charge in [0.15, 0.2) is 11.6 Å². The van der Waals surface area contributed by atoms with Crippen LogP contribution in [0.3, 0.4) is 0 Å². The molecule has 16 heteroatoms. The minimum atomic E-state index is -1.04. The Kier molecular flexibility index (Phi) is 10.1. The van der Waals surface area contributed by atoms with Crippen LogP contribution in [0, 0.1) is 23.3 Å². The van der Waals surface area contributed by atoms with Crippen molar-refractivity contribution in [2.45, 2.75) is 26.9 Å². The smallest absolute Gasteiger partial charge is 0.343 e. The first-order valence-electron chi connectivity index (χ1n) is 16.4. The molecule has 0 atom stereocenters. The maximum absolute atomic E-state index is 16.5. The van der Waals surface area contributed by atoms with Crippen molar-refractivity contribution in [3.8, 4) is 0 Å². The van der Waals surface area contributed by atoms with Crippen molar-refractivity contribution in [1.29, 1.82) is 0 Å². The molecule has 4 aromatic rings. The Morgan fingerprint density at radius 2 is 1.02 bits per heavy atom. The Labute approximate surface area is 283 Å². The minimum absolute atomic E-state index is 0.0771. The number of pyridine rings is 2. The molecule has 0 radical (unpaired) electrons. The Hall–Kier alpha value is -4.96. The summed E-state index contributed by atoms with van der Waals surface area (Å²) in [5.74, 6) is -6.09. The molecule has 6 rings (SSSR count). The molecule has 0 amide bonds. The van der Waals surface area contributed by atoms with Gasteiger partial charge in [-0.05, 0) is 26.0 Å². The van der Waals surface area contributed by atoms with Crippen LogP contribution in [-0.4, -0.2) is 86.6 Å². The van der Waals surface area contributed by atoms with Gasteiger partial charge in [-0.1, -0.05) is 0 Å². The second-order valence-corrected chi connectivity index (χ2v) is 11.9. The van der Waals surface area contributed by atoms with Crippen molar-refractivity contribution >= 4 is 45.1 Å². The van der Waals surface area contributed by atoms with E-state index in [0.29, 0.717) is 26.2 Å². The van der Waals surface area contributed by atoms with Crippen LogP contribution in [0.15, 0.2) is 34.1 Å². The predicted molar refractivity (Wildman–Crippen MR) is 178 cm³/mol. The van der Waals surface area contributed by atoms with Crippen molar-refractivity contribution in [2.24, 2.45) is 0 Å². The predicted octanol–water partition coefficient (Wildman–Crippen LogP) is 2.75. The van der Waals surface area contributed by atoms with Crippen molar-refractivity contribution in [1.82, 2.24) is 19.8 Å². The second kappa shape index (κ2) is 14.5. The number of hydrogen-bond acceptors (Lipinski definition) is 10. The first-order valence-corrected chi connectivity index (χ1v) is 16.4. The number of fused-ring (bicyclic) bond motifs is 2. The second-order valence-electron chi connectivity index (χ2n) is 11.9. The summed E-state index contributed by atoms with van der Waals surface area (Å²) in [6.07, 6.45) is 2.18. The molecule has 12 nitrogen and oxygen atoms in total. The minimum Gasteiger partial charge on any atom is -0.462 e. The maximum Gasteiger partial charge on any atom is 0.343 e. The number of anilines is 2. The van der Waals surface area contributed by atoms with Crippen LogP contribution >= 0.6 is 0 Å². The van der Waals surface area contributed by atoms with Crippen LogP contribution in [-0.2, 0) is 22.6 Å². The van der Waals surface area contributed by atoms with E-state index < -0.39 is 68.0 Å². The number of nitrogens with zero attached hydrogens (tertiary/aromatic N) is 4. The first-order chi connectivity index (χ1) is 24.1. The lowest BCUT2D eigenvalue weighted by atomic mass is 10.1. The molecule has 2 saturated heterocycles. The highest BCUT2D eigenvalue weighted by Crippen LogP contribution is 2.32. The standard InChI is InChI=1S/C34H36F4N6O6/c1-3-49-33(47)21-17-43(27-19(31(21)45)15-23(35)29(25(27)37)41-9-5-39-6-10-41)13-14-44-18-22(34(48)50-4-2)32(46)20-16-24(36)30(26(38)28(20)44)42-11-7-40-8-12-42/h15-18,39-40H,3-14H2,1-2H3. The molecular formula is C34H36F4N6O6. The molecule has 2 fully saturated rings. The van der Waals surface area contributed by atoms with E-state index in [-0.39, 0.29) is 74.9 Å². The van der Waals surface area contributed by atoms with Gasteiger partial charge >= 0.3 is 11.9 Å². The molecule has 0 aliphatic carbocycles. The summed E-state index contributed by atoms with van der Waals surface area (Å²) in [6.45, 7) is 5.36. The fourth-order valence-corrected chi connectivity index (χ4v) is 6.59. The number of aromatic nitrogens is 2. The van der Waals surface area contributed by atoms with Crippen LogP contribution in [0.4, 0.5) is 28.9 Å². The SMILES string of the molecule is CCOC(=O)c1cn(CCn2cc(C(=O)OCC)c(=O)c3cc(F)c(N4CCNCC4)c(F)c32)c2c(F)c(N3CCNCC3)c(F)cc2c1=O. The lowest BCUT2D eigenvalue weighted by Gasteiger charge is -2.31. The Bertz CT molecular complexity index is 1960. The molecule has 266 valence electrons. The average molecular weight is 701 g/mol. The Morgan fingerprint density at radius 1 is 0.660 bits per heavy atom. The van der Waals surface area contributed by atoms with Crippen LogP contribution < -0.4 is 31.3 Å². The number of carbonyl (C=O) groups is 2. The molecule has 0 unspecified atom stereocenters. The molecule has 0 saturated carbocycles. The first kappa shape index (κ1) is 34.9. The largest absolute Gasteiger partial charge is 0.462 e. The van der Waals surface area contributed by atoms with E-state index in [1.54, 1.807) is 0 Å². The zero-order valence-corrected chi connectivity index (χ0v) is 27.5. The number of rotatable bonds is 9. The lowest BCUT2D eigenvalue weighted by Crippen LogP contribution is -2.44. The maximum atomic E-state index is 16.5. The Balaban J connectivity index is 1.56. The molecule has 2 aromatic carbocycles. The number of benzene rings is 2. The lowest BCUT2D eigenvalue weighted by molar-refractivity contribution is 0.0514. The normalized spacial score (nSPS) is 15.2. The van der Waals surface area contributed by atoms with Gasteiger partial charge in [-0.2, -0.15) is 0 Å². The van der Waals surface area contributed by atoms with Crippen molar-refractivity contribution < 1.29 is 36.6 Å². The third-order valence-corrected chi connectivity index (χ3v) is 8.90. The summed E-state index contributed by atoms with van der Waals surface area (Å²) in [7, 11) is 0. The fourth-order valence-electron chi connectivity index (χ4n) is 6.59. The van der Waals surface area contributed by atoms with Gasteiger partial charge in [0, 0.05) is 77.8 Å². The average Bonchev–Trinajstić information content (AvgIpc) is 3.10. The van der Waals surface area contributed by atoms with Gasteiger partial charge in [-0.3, -0.25) is 9.59 Å². The zero-order valence-electron chi connectivity index (χ0n) is 27.5. The molecule has 50 heavy (non-hydrogen) atoms. The number of carbonyl (C=O) groups excluding carboxylic acids is 2. The van der Waals surface area contributed by atoms with E-state index in [9.17, 15) is 19.2 Å². The summed E-state index contributed by atoms with van der Waals surface area (Å²) in [5, 5.41) is 5.38. The van der Waals surface area contributed by atoms with Gasteiger partial charge < -0.3 is 39.0 Å². The van der Waals surface area contributed by atoms with Gasteiger partial charge in [0.05, 0.1) is 35.0 Å². The van der Waals surface area contributed by atoms with Crippen LogP contribution in [0.5, 0.6) is 0 Å². The highest BCUT2D eigenvalue weighted by Gasteiger charge is 2.29. The zero-order chi connectivity index (χ0) is 35.7. The van der Waals surface area contributed by atoms with E-state index in [0.717, 1.165) is 24.5 Å². The van der Waals surface area contributed by atoms with E-state index in [1.807, 2.05) is 0 Å². The van der Waals surface area contributed by atoms with Gasteiger partial charge in [0.1, 0.15) is 34.1 Å². The molecule has 2 N–H and O–H groups in total. The van der Waals surface area contributed by atoms with Crippen molar-refractivity contribution in [2.75, 3.05) is 75.4 Å². The number of esters is 2. The van der Waals surface area contributed by atoms with E-state index >= 15 is 17.6 Å². The molecule has 2 aliphatic heterocycles. The number of hydrogen-bond donors (Lipinski definition) is 2. The van der Waals surface area contributed by atoms with Crippen LogP contribution in [0.1, 0.15) is 34.6 Å². The monoisotopic (exact) mass is 700 g/mol. The molecular weight excluding hydrogens is 664 g/mol. The van der Waals surface area contributed by atoms with Gasteiger partial charge in [-0.15, -0.1) is 0 Å². The molecule has 2 aromatic heterocycles. The molecule has 0 spiro atoms. The summed E-state index contributed by atoms with van der Waals surface area (Å²) in [4.78, 5) is 55.7. The van der Waals surface area contributed by atoms with Gasteiger partial charge in [-0.25, -0.2) is 27.2 Å². The summed E-state index contributed by atoms with van der Waals surface area (Å²) >= 11 is 0. The van der Waals surface area contributed by atoms with E-state index in [1.165, 1.54) is 32.8 Å². The fraction of sp³-hybridized carbons (Fsp3) is 0.412. The summed E-state index contributed by atoms with van der Waals surface area (Å²) in [5.41, 5.74) is -4.20. The number of ether oxygens (including phenoxy) is 2. The van der Waals surface area contributed by atoms with E-state index in [4.69, 9.17) is 9.47 Å². The highest BCUT2D eigenvalue weighted by molar-refractivity contribution is 5.96.